The molecule has 19 nitrogen and oxygen atoms in total. The SMILES string of the molecule is C[C@@H](O)[C@H](NC(=O)CNC(=O)CN)C(=O)NCC(=O)NCC(=O)NCC(=O)NCC(=O)N[C@@H](CO)C(=O)O. The predicted octanol–water partition coefficient (Wildman–Crippen LogP) is -8.05. The third-order valence-electron chi connectivity index (χ3n) is 4.29. The minimum absolute atomic E-state index is 0.352. The minimum Gasteiger partial charge on any atom is -0.480 e. The van der Waals surface area contributed by atoms with Crippen molar-refractivity contribution >= 4 is 47.3 Å². The van der Waals surface area contributed by atoms with Crippen molar-refractivity contribution in [3.8, 4) is 0 Å². The number of nitrogens with one attached hydrogen (secondary N) is 7. The molecule has 12 N–H and O–H groups in total. The standard InChI is InChI=1S/C19H32N8O11/c1-9(29)17(27-16(35)7-21-11(30)2-20)18(36)25-5-14(33)23-3-12(31)22-4-13(32)24-6-15(34)26-10(8-28)19(37)38/h9-10,17,28-29H,2-8,20H2,1H3,(H,21,30)(H,22,31)(H,23,33)(H,24,32)(H,25,36)(H,26,34)(H,27,35)(H,37,38)/t9-,10+,17+/m1/s1. The molecule has 19 heteroatoms. The number of rotatable bonds is 17. The van der Waals surface area contributed by atoms with Gasteiger partial charge in [-0.2, -0.15) is 0 Å². The third kappa shape index (κ3) is 14.9. The lowest BCUT2D eigenvalue weighted by atomic mass is 10.1. The maximum atomic E-state index is 12.2. The molecule has 0 aromatic rings. The molecule has 0 aliphatic heterocycles. The van der Waals surface area contributed by atoms with E-state index < -0.39 is 105 Å². The molecule has 0 rings (SSSR count). The van der Waals surface area contributed by atoms with E-state index in [4.69, 9.17) is 15.9 Å². The maximum absolute atomic E-state index is 12.2. The lowest BCUT2D eigenvalue weighted by molar-refractivity contribution is -0.142. The van der Waals surface area contributed by atoms with Crippen molar-refractivity contribution in [1.29, 1.82) is 0 Å². The highest BCUT2D eigenvalue weighted by Gasteiger charge is 2.26. The number of carboxylic acid groups (broad SMARTS) is 1. The molecule has 0 aromatic carbocycles. The van der Waals surface area contributed by atoms with Crippen LogP contribution in [-0.4, -0.2) is 127 Å². The second-order valence-electron chi connectivity index (χ2n) is 7.46. The van der Waals surface area contributed by atoms with E-state index in [0.29, 0.717) is 0 Å². The van der Waals surface area contributed by atoms with E-state index in [1.807, 2.05) is 5.32 Å². The summed E-state index contributed by atoms with van der Waals surface area (Å²) in [5.74, 6) is -7.13. The van der Waals surface area contributed by atoms with Gasteiger partial charge in [0.05, 0.1) is 52.0 Å². The second kappa shape index (κ2) is 18.0. The smallest absolute Gasteiger partial charge is 0.328 e. The van der Waals surface area contributed by atoms with E-state index in [-0.39, 0.29) is 6.54 Å². The van der Waals surface area contributed by atoms with Gasteiger partial charge in [0.25, 0.3) is 0 Å². The minimum atomic E-state index is -1.54. The fraction of sp³-hybridized carbons (Fsp3) is 0.579. The van der Waals surface area contributed by atoms with Crippen LogP contribution in [0.3, 0.4) is 0 Å². The Labute approximate surface area is 215 Å². The van der Waals surface area contributed by atoms with E-state index in [9.17, 15) is 43.5 Å². The summed E-state index contributed by atoms with van der Waals surface area (Å²) < 4.78 is 0. The normalized spacial score (nSPS) is 12.5. The fourth-order valence-corrected chi connectivity index (χ4v) is 2.31. The highest BCUT2D eigenvalue weighted by atomic mass is 16.4. The number of hydrogen-bond donors (Lipinski definition) is 11. The van der Waals surface area contributed by atoms with Crippen LogP contribution in [0.15, 0.2) is 0 Å². The molecule has 0 heterocycles. The number of aliphatic hydroxyl groups is 2. The van der Waals surface area contributed by atoms with Gasteiger partial charge >= 0.3 is 5.97 Å². The van der Waals surface area contributed by atoms with Gasteiger partial charge in [-0.1, -0.05) is 0 Å². The molecule has 0 aliphatic rings. The lowest BCUT2D eigenvalue weighted by Gasteiger charge is -2.20. The van der Waals surface area contributed by atoms with Crippen LogP contribution in [0.25, 0.3) is 0 Å². The van der Waals surface area contributed by atoms with Crippen molar-refractivity contribution in [3.05, 3.63) is 0 Å². The van der Waals surface area contributed by atoms with Crippen molar-refractivity contribution < 1.29 is 53.7 Å². The van der Waals surface area contributed by atoms with Gasteiger partial charge in [-0.3, -0.25) is 33.6 Å². The number of carboxylic acids is 1. The summed E-state index contributed by atoms with van der Waals surface area (Å²) in [7, 11) is 0. The number of amides is 7. The number of aliphatic hydroxyl groups excluding tert-OH is 2. The molecule has 0 aliphatic carbocycles. The van der Waals surface area contributed by atoms with Crippen LogP contribution in [0.4, 0.5) is 0 Å². The summed E-state index contributed by atoms with van der Waals surface area (Å²) in [4.78, 5) is 92.6. The predicted molar refractivity (Wildman–Crippen MR) is 124 cm³/mol. The van der Waals surface area contributed by atoms with Crippen molar-refractivity contribution in [1.82, 2.24) is 37.2 Å². The van der Waals surface area contributed by atoms with E-state index >= 15 is 0 Å². The molecule has 0 bridgehead atoms. The van der Waals surface area contributed by atoms with Crippen LogP contribution in [-0.2, 0) is 38.4 Å². The van der Waals surface area contributed by atoms with Crippen LogP contribution in [0.5, 0.6) is 0 Å². The van der Waals surface area contributed by atoms with E-state index in [2.05, 4.69) is 31.9 Å². The zero-order valence-electron chi connectivity index (χ0n) is 20.4. The Morgan fingerprint density at radius 2 is 1.05 bits per heavy atom. The van der Waals surface area contributed by atoms with Crippen molar-refractivity contribution in [2.75, 3.05) is 45.9 Å². The Bertz CT molecular complexity index is 896. The number of hydrogen-bond acceptors (Lipinski definition) is 11. The van der Waals surface area contributed by atoms with Crippen LogP contribution in [0.2, 0.25) is 0 Å². The average Bonchev–Trinajstić information content (AvgIpc) is 2.87. The Morgan fingerprint density at radius 3 is 1.45 bits per heavy atom. The van der Waals surface area contributed by atoms with Gasteiger partial charge in [-0.25, -0.2) is 4.79 Å². The summed E-state index contributed by atoms with van der Waals surface area (Å²) in [6.07, 6.45) is -1.36. The summed E-state index contributed by atoms with van der Waals surface area (Å²) in [6.45, 7) is -2.91. The first-order valence-electron chi connectivity index (χ1n) is 11.0. The van der Waals surface area contributed by atoms with E-state index in [1.165, 1.54) is 6.92 Å². The molecule has 0 saturated carbocycles. The Hall–Kier alpha value is -4.36. The van der Waals surface area contributed by atoms with Gasteiger partial charge < -0.3 is 58.3 Å². The van der Waals surface area contributed by atoms with Crippen LogP contribution in [0, 0.1) is 0 Å². The summed E-state index contributed by atoms with van der Waals surface area (Å²) in [6, 6.07) is -2.99. The molecule has 0 fully saturated rings. The molecule has 0 spiro atoms. The highest BCUT2D eigenvalue weighted by molar-refractivity contribution is 5.94. The molecular weight excluding hydrogens is 516 g/mol. The highest BCUT2D eigenvalue weighted by Crippen LogP contribution is 1.93. The Balaban J connectivity index is 4.32. The second-order valence-corrected chi connectivity index (χ2v) is 7.46. The number of nitrogens with two attached hydrogens (primary N) is 1. The monoisotopic (exact) mass is 548 g/mol. The van der Waals surface area contributed by atoms with Crippen LogP contribution in [0.1, 0.15) is 6.92 Å². The first kappa shape index (κ1) is 33.6. The van der Waals surface area contributed by atoms with Gasteiger partial charge in [0, 0.05) is 0 Å². The molecule has 0 radical (unpaired) electrons. The van der Waals surface area contributed by atoms with Gasteiger partial charge in [-0.15, -0.1) is 0 Å². The van der Waals surface area contributed by atoms with Crippen LogP contribution < -0.4 is 43.0 Å². The van der Waals surface area contributed by atoms with Crippen molar-refractivity contribution in [2.24, 2.45) is 5.73 Å². The molecule has 0 saturated heterocycles. The van der Waals surface area contributed by atoms with E-state index in [1.54, 1.807) is 0 Å². The zero-order chi connectivity index (χ0) is 29.3. The summed E-state index contributed by atoms with van der Waals surface area (Å²) in [5.41, 5.74) is 5.08. The molecule has 0 unspecified atom stereocenters. The molecule has 7 amide bonds. The largest absolute Gasteiger partial charge is 0.480 e. The molecule has 0 aromatic heterocycles. The molecule has 38 heavy (non-hydrogen) atoms. The fourth-order valence-electron chi connectivity index (χ4n) is 2.31. The Morgan fingerprint density at radius 1 is 0.658 bits per heavy atom. The topological polar surface area (TPSA) is 307 Å². The molecule has 3 atom stereocenters. The molecule has 214 valence electrons. The van der Waals surface area contributed by atoms with Gasteiger partial charge in [-0.05, 0) is 6.92 Å². The number of carbonyl (C=O) groups is 8. The maximum Gasteiger partial charge on any atom is 0.328 e. The first-order chi connectivity index (χ1) is 17.8. The number of aliphatic carboxylic acids is 1. The average molecular weight is 549 g/mol. The van der Waals surface area contributed by atoms with Gasteiger partial charge in [0.1, 0.15) is 12.1 Å². The number of carbonyl (C=O) groups excluding carboxylic acids is 7. The van der Waals surface area contributed by atoms with E-state index in [0.717, 1.165) is 0 Å². The lowest BCUT2D eigenvalue weighted by Crippen LogP contribution is -2.55. The molecular formula is C19H32N8O11. The zero-order valence-corrected chi connectivity index (χ0v) is 20.4. The van der Waals surface area contributed by atoms with Gasteiger partial charge in [0.2, 0.25) is 41.4 Å². The van der Waals surface area contributed by atoms with Crippen molar-refractivity contribution in [3.63, 3.8) is 0 Å². The van der Waals surface area contributed by atoms with Crippen LogP contribution >= 0.6 is 0 Å². The third-order valence-corrected chi connectivity index (χ3v) is 4.29. The van der Waals surface area contributed by atoms with Crippen molar-refractivity contribution in [2.45, 2.75) is 25.1 Å². The quantitative estimate of drug-likeness (QED) is 0.0807. The van der Waals surface area contributed by atoms with Gasteiger partial charge in [0.15, 0.2) is 0 Å². The summed E-state index contributed by atoms with van der Waals surface area (Å²) in [5, 5.41) is 42.1. The summed E-state index contributed by atoms with van der Waals surface area (Å²) >= 11 is 0. The Kier molecular flexibility index (Phi) is 15.9. The first-order valence-corrected chi connectivity index (χ1v) is 11.0.